The molecule has 1 unspecified atom stereocenters. The molecule has 11 nitrogen and oxygen atoms in total. The van der Waals surface area contributed by atoms with Crippen molar-refractivity contribution in [3.63, 3.8) is 0 Å². The van der Waals surface area contributed by atoms with E-state index in [0.717, 1.165) is 0 Å². The van der Waals surface area contributed by atoms with Crippen LogP contribution in [-0.2, 0) is 9.53 Å². The Morgan fingerprint density at radius 1 is 1.37 bits per heavy atom. The maximum atomic E-state index is 11.0. The zero-order chi connectivity index (χ0) is 19.7. The molecule has 0 bridgehead atoms. The summed E-state index contributed by atoms with van der Waals surface area (Å²) in [4.78, 5) is 23.1. The van der Waals surface area contributed by atoms with Gasteiger partial charge in [-0.3, -0.25) is 9.36 Å². The van der Waals surface area contributed by atoms with Crippen molar-refractivity contribution in [2.75, 3.05) is 12.0 Å². The van der Waals surface area contributed by atoms with Crippen molar-refractivity contribution in [3.8, 4) is 0 Å². The third kappa shape index (κ3) is 3.84. The van der Waals surface area contributed by atoms with Gasteiger partial charge in [0, 0.05) is 5.25 Å². The van der Waals surface area contributed by atoms with Crippen LogP contribution in [0, 0.1) is 0 Å². The summed E-state index contributed by atoms with van der Waals surface area (Å²) >= 11 is 1.44. The van der Waals surface area contributed by atoms with E-state index in [1.165, 1.54) is 29.0 Å². The van der Waals surface area contributed by atoms with Gasteiger partial charge in [0.05, 0.1) is 12.4 Å². The van der Waals surface area contributed by atoms with Gasteiger partial charge in [0.1, 0.15) is 30.1 Å². The quantitative estimate of drug-likeness (QED) is 0.383. The van der Waals surface area contributed by atoms with Crippen molar-refractivity contribution >= 4 is 34.7 Å². The van der Waals surface area contributed by atoms with Gasteiger partial charge in [-0.15, -0.1) is 0 Å². The molecular formula is C15H22N6O5S. The van der Waals surface area contributed by atoms with Crippen LogP contribution in [0.15, 0.2) is 12.7 Å². The molecular weight excluding hydrogens is 376 g/mol. The van der Waals surface area contributed by atoms with E-state index < -0.39 is 36.6 Å². The summed E-state index contributed by atoms with van der Waals surface area (Å²) in [6, 6.07) is -1.00. The molecule has 148 valence electrons. The molecule has 27 heavy (non-hydrogen) atoms. The summed E-state index contributed by atoms with van der Waals surface area (Å²) in [7, 11) is 0. The number of aliphatic carboxylic acids is 1. The van der Waals surface area contributed by atoms with Crippen LogP contribution in [-0.4, -0.2) is 76.7 Å². The van der Waals surface area contributed by atoms with Crippen molar-refractivity contribution in [1.82, 2.24) is 19.5 Å². The number of carboxylic acid groups (broad SMARTS) is 1. The standard InChI is InChI=1S/C15H22N6O5S/c1-27-6(2-7(16)15(24)25)3-8-10(22)11(23)14(26-8)21-5-20-9-12(17)18-4-19-13(9)21/h4-8,10-11,14,22-23H,2-3,16H2,1H3,(H,24,25)(H2,17,18,19)/t6?,7-,8+,10+,11+,14+/m0/s1. The summed E-state index contributed by atoms with van der Waals surface area (Å²) in [5.74, 6) is -0.879. The Kier molecular flexibility index (Phi) is 5.81. The van der Waals surface area contributed by atoms with Crippen LogP contribution in [0.2, 0.25) is 0 Å². The van der Waals surface area contributed by atoms with E-state index in [1.807, 2.05) is 6.26 Å². The fourth-order valence-corrected chi connectivity index (χ4v) is 3.92. The second-order valence-electron chi connectivity index (χ2n) is 6.40. The lowest BCUT2D eigenvalue weighted by Gasteiger charge is -2.22. The first-order valence-corrected chi connectivity index (χ1v) is 9.58. The third-order valence-corrected chi connectivity index (χ3v) is 5.71. The number of nitrogens with two attached hydrogens (primary N) is 2. The molecule has 1 aliphatic rings. The Balaban J connectivity index is 1.77. The molecule has 0 aromatic carbocycles. The van der Waals surface area contributed by atoms with Crippen molar-refractivity contribution in [2.45, 2.75) is 48.7 Å². The summed E-state index contributed by atoms with van der Waals surface area (Å²) in [5, 5.41) is 29.7. The monoisotopic (exact) mass is 398 g/mol. The first-order chi connectivity index (χ1) is 12.8. The summed E-state index contributed by atoms with van der Waals surface area (Å²) < 4.78 is 7.37. The number of rotatable bonds is 7. The molecule has 1 saturated heterocycles. The summed E-state index contributed by atoms with van der Waals surface area (Å²) in [6.45, 7) is 0. The number of imidazole rings is 1. The highest BCUT2D eigenvalue weighted by Gasteiger charge is 2.45. The number of hydrogen-bond donors (Lipinski definition) is 5. The molecule has 1 aliphatic heterocycles. The molecule has 0 amide bonds. The molecule has 12 heteroatoms. The third-order valence-electron chi connectivity index (χ3n) is 4.66. The molecule has 3 heterocycles. The SMILES string of the molecule is CSC(C[C@H](N)C(=O)O)C[C@H]1O[C@@H](n2cnc3c(N)ncnc32)[C@H](O)[C@@H]1O. The van der Waals surface area contributed by atoms with Gasteiger partial charge in [0.15, 0.2) is 17.7 Å². The number of aromatic nitrogens is 4. The predicted molar refractivity (Wildman–Crippen MR) is 97.8 cm³/mol. The average molecular weight is 398 g/mol. The highest BCUT2D eigenvalue weighted by atomic mass is 32.2. The molecule has 0 aliphatic carbocycles. The number of nitrogens with zero attached hydrogens (tertiary/aromatic N) is 4. The molecule has 0 spiro atoms. The number of thioether (sulfide) groups is 1. The van der Waals surface area contributed by atoms with Crippen LogP contribution in [0.25, 0.3) is 11.2 Å². The second kappa shape index (κ2) is 7.94. The zero-order valence-electron chi connectivity index (χ0n) is 14.5. The van der Waals surface area contributed by atoms with Crippen LogP contribution in [0.4, 0.5) is 5.82 Å². The molecule has 2 aromatic heterocycles. The van der Waals surface area contributed by atoms with Crippen molar-refractivity contribution in [3.05, 3.63) is 12.7 Å². The molecule has 1 fully saturated rings. The van der Waals surface area contributed by atoms with Gasteiger partial charge in [0.25, 0.3) is 0 Å². The minimum atomic E-state index is -1.21. The molecule has 7 N–H and O–H groups in total. The number of carboxylic acids is 1. The van der Waals surface area contributed by atoms with Gasteiger partial charge in [-0.05, 0) is 19.1 Å². The molecule has 0 radical (unpaired) electrons. The summed E-state index contributed by atoms with van der Waals surface area (Å²) in [6.07, 6.45) is 1.13. The van der Waals surface area contributed by atoms with Gasteiger partial charge in [-0.1, -0.05) is 0 Å². The van der Waals surface area contributed by atoms with Gasteiger partial charge in [0.2, 0.25) is 0 Å². The van der Waals surface area contributed by atoms with Gasteiger partial charge < -0.3 is 31.5 Å². The molecule has 0 saturated carbocycles. The van der Waals surface area contributed by atoms with Gasteiger partial charge >= 0.3 is 5.97 Å². The normalized spacial score (nSPS) is 27.7. The van der Waals surface area contributed by atoms with Crippen LogP contribution in [0.3, 0.4) is 0 Å². The lowest BCUT2D eigenvalue weighted by Crippen LogP contribution is -2.36. The fraction of sp³-hybridized carbons (Fsp3) is 0.600. The Morgan fingerprint density at radius 2 is 2.11 bits per heavy atom. The second-order valence-corrected chi connectivity index (χ2v) is 7.54. The van der Waals surface area contributed by atoms with E-state index in [4.69, 9.17) is 21.3 Å². The van der Waals surface area contributed by atoms with Crippen LogP contribution in [0.5, 0.6) is 0 Å². The molecule has 2 aromatic rings. The first-order valence-electron chi connectivity index (χ1n) is 8.29. The molecule has 3 rings (SSSR count). The minimum absolute atomic E-state index is 0.154. The van der Waals surface area contributed by atoms with E-state index in [1.54, 1.807) is 0 Å². The fourth-order valence-electron chi connectivity index (χ4n) is 3.14. The van der Waals surface area contributed by atoms with Crippen molar-refractivity contribution in [2.24, 2.45) is 5.73 Å². The number of carbonyl (C=O) groups is 1. The Labute approximate surface area is 158 Å². The predicted octanol–water partition coefficient (Wildman–Crippen LogP) is -1.05. The number of aliphatic hydroxyl groups is 2. The van der Waals surface area contributed by atoms with Gasteiger partial charge in [-0.25, -0.2) is 15.0 Å². The number of fused-ring (bicyclic) bond motifs is 1. The number of anilines is 1. The van der Waals surface area contributed by atoms with Crippen LogP contribution >= 0.6 is 11.8 Å². The minimum Gasteiger partial charge on any atom is -0.480 e. The lowest BCUT2D eigenvalue weighted by atomic mass is 10.0. The number of nitrogen functional groups attached to an aromatic ring is 1. The van der Waals surface area contributed by atoms with E-state index in [2.05, 4.69) is 15.0 Å². The largest absolute Gasteiger partial charge is 0.480 e. The van der Waals surface area contributed by atoms with Crippen LogP contribution in [0.1, 0.15) is 19.1 Å². The van der Waals surface area contributed by atoms with Crippen molar-refractivity contribution in [1.29, 1.82) is 0 Å². The Morgan fingerprint density at radius 3 is 2.78 bits per heavy atom. The topological polar surface area (TPSA) is 183 Å². The smallest absolute Gasteiger partial charge is 0.320 e. The van der Waals surface area contributed by atoms with Crippen LogP contribution < -0.4 is 11.5 Å². The van der Waals surface area contributed by atoms with Crippen molar-refractivity contribution < 1.29 is 24.9 Å². The number of aliphatic hydroxyl groups excluding tert-OH is 2. The van der Waals surface area contributed by atoms with E-state index in [9.17, 15) is 15.0 Å². The number of ether oxygens (including phenoxy) is 1. The lowest BCUT2D eigenvalue weighted by molar-refractivity contribution is -0.138. The number of hydrogen-bond acceptors (Lipinski definition) is 10. The van der Waals surface area contributed by atoms with Gasteiger partial charge in [-0.2, -0.15) is 11.8 Å². The van der Waals surface area contributed by atoms with E-state index in [-0.39, 0.29) is 17.5 Å². The first kappa shape index (κ1) is 19.8. The summed E-state index contributed by atoms with van der Waals surface area (Å²) in [5.41, 5.74) is 12.1. The highest BCUT2D eigenvalue weighted by Crippen LogP contribution is 2.35. The average Bonchev–Trinajstić information content (AvgIpc) is 3.18. The van der Waals surface area contributed by atoms with E-state index in [0.29, 0.717) is 17.6 Å². The Bertz CT molecular complexity index is 819. The Hall–Kier alpha value is -1.99. The molecule has 6 atom stereocenters. The highest BCUT2D eigenvalue weighted by molar-refractivity contribution is 7.99. The maximum Gasteiger partial charge on any atom is 0.320 e. The maximum absolute atomic E-state index is 11.0. The zero-order valence-corrected chi connectivity index (χ0v) is 15.4. The van der Waals surface area contributed by atoms with E-state index >= 15 is 0 Å².